The van der Waals surface area contributed by atoms with Crippen molar-refractivity contribution >= 4 is 0 Å². The van der Waals surface area contributed by atoms with Gasteiger partial charge in [-0.15, -0.1) is 0 Å². The van der Waals surface area contributed by atoms with Gasteiger partial charge in [0.1, 0.15) is 0 Å². The van der Waals surface area contributed by atoms with Crippen LogP contribution in [0.25, 0.3) is 0 Å². The molecule has 0 aromatic carbocycles. The Labute approximate surface area is 395 Å². The van der Waals surface area contributed by atoms with E-state index in [0.29, 0.717) is 48.6 Å². The van der Waals surface area contributed by atoms with Crippen LogP contribution in [0.1, 0.15) is 234 Å². The van der Waals surface area contributed by atoms with Crippen molar-refractivity contribution in [2.24, 2.45) is 47.3 Å². The lowest BCUT2D eigenvalue weighted by Gasteiger charge is -2.66. The van der Waals surface area contributed by atoms with Gasteiger partial charge in [-0.1, -0.05) is 67.2 Å². The van der Waals surface area contributed by atoms with Crippen molar-refractivity contribution < 1.29 is 18.9 Å². The third-order valence-corrected chi connectivity index (χ3v) is 20.1. The minimum atomic E-state index is 0.426. The number of nitrogens with zero attached hydrogens (tertiary/aromatic N) is 2. The molecule has 10 atom stereocenters. The van der Waals surface area contributed by atoms with Crippen molar-refractivity contribution in [2.45, 2.75) is 295 Å². The van der Waals surface area contributed by atoms with E-state index in [9.17, 15) is 0 Å². The maximum Gasteiger partial charge on any atom is 0.0621 e. The zero-order valence-corrected chi connectivity index (χ0v) is 43.0. The van der Waals surface area contributed by atoms with E-state index in [4.69, 9.17) is 18.9 Å². The highest BCUT2D eigenvalue weighted by molar-refractivity contribution is 5.13. The lowest BCUT2D eigenvalue weighted by Crippen LogP contribution is -2.68. The Hall–Kier alpha value is -0.240. The summed E-state index contributed by atoms with van der Waals surface area (Å²) < 4.78 is 27.8. The first-order valence-electron chi connectivity index (χ1n) is 29.4. The normalized spacial score (nSPS) is 42.8. The third-order valence-electron chi connectivity index (χ3n) is 20.1. The van der Waals surface area contributed by atoms with Gasteiger partial charge in [0.15, 0.2) is 0 Å². The fraction of sp³-hybridized carbons (Fsp3) is 1.00. The second-order valence-electron chi connectivity index (χ2n) is 24.1. The molecule has 8 aliphatic carbocycles. The van der Waals surface area contributed by atoms with Gasteiger partial charge in [-0.3, -0.25) is 9.80 Å². The van der Waals surface area contributed by atoms with Crippen LogP contribution < -0.4 is 0 Å². The summed E-state index contributed by atoms with van der Waals surface area (Å²) in [6.45, 7) is 18.2. The summed E-state index contributed by atoms with van der Waals surface area (Å²) >= 11 is 0. The van der Waals surface area contributed by atoms with Crippen molar-refractivity contribution in [3.05, 3.63) is 0 Å². The first-order valence-corrected chi connectivity index (χ1v) is 29.4. The van der Waals surface area contributed by atoms with Crippen LogP contribution in [0.5, 0.6) is 0 Å². The predicted octanol–water partition coefficient (Wildman–Crippen LogP) is 14.2. The summed E-state index contributed by atoms with van der Waals surface area (Å²) in [5.41, 5.74) is 0. The van der Waals surface area contributed by atoms with Gasteiger partial charge in [0.25, 0.3) is 0 Å². The molecule has 370 valence electrons. The maximum atomic E-state index is 7.35. The van der Waals surface area contributed by atoms with Crippen LogP contribution in [0.2, 0.25) is 0 Å². The molecule has 8 rings (SSSR count). The highest BCUT2D eigenvalue weighted by Crippen LogP contribution is 2.63. The van der Waals surface area contributed by atoms with Gasteiger partial charge in [-0.05, 0) is 214 Å². The molecular weight excluding hydrogens is 789 g/mol. The third kappa shape index (κ3) is 12.0. The summed E-state index contributed by atoms with van der Waals surface area (Å²) in [7, 11) is 0. The average molecular weight is 893 g/mol. The summed E-state index contributed by atoms with van der Waals surface area (Å²) in [4.78, 5) is 6.64. The molecule has 0 radical (unpaired) electrons. The second-order valence-corrected chi connectivity index (χ2v) is 24.1. The van der Waals surface area contributed by atoms with Crippen LogP contribution in [0.4, 0.5) is 0 Å². The molecule has 6 nitrogen and oxygen atoms in total. The number of rotatable bonds is 22. The quantitative estimate of drug-likeness (QED) is 0.101. The van der Waals surface area contributed by atoms with E-state index in [2.05, 4.69) is 51.3 Å². The Kier molecular flexibility index (Phi) is 19.6. The van der Waals surface area contributed by atoms with Gasteiger partial charge < -0.3 is 18.9 Å². The average Bonchev–Trinajstić information content (AvgIpc) is 3.32. The van der Waals surface area contributed by atoms with Crippen LogP contribution in [-0.2, 0) is 18.9 Å². The van der Waals surface area contributed by atoms with E-state index in [1.807, 2.05) is 0 Å². The van der Waals surface area contributed by atoms with Crippen LogP contribution in [0.15, 0.2) is 0 Å². The molecule has 0 aliphatic heterocycles. The molecule has 0 aromatic rings. The molecule has 0 spiro atoms. The molecule has 64 heavy (non-hydrogen) atoms. The smallest absolute Gasteiger partial charge is 0.0621 e. The molecule has 8 saturated carbocycles. The molecule has 0 bridgehead atoms. The number of unbranched alkanes of at least 4 members (excludes halogenated alkanes) is 4. The van der Waals surface area contributed by atoms with Gasteiger partial charge in [-0.2, -0.15) is 0 Å². The van der Waals surface area contributed by atoms with Crippen molar-refractivity contribution in [1.29, 1.82) is 0 Å². The highest BCUT2D eigenvalue weighted by Gasteiger charge is 2.62. The van der Waals surface area contributed by atoms with E-state index < -0.39 is 0 Å². The first-order chi connectivity index (χ1) is 31.4. The van der Waals surface area contributed by atoms with Gasteiger partial charge >= 0.3 is 0 Å². The lowest BCUT2D eigenvalue weighted by atomic mass is 9.45. The Morgan fingerprint density at radius 1 is 0.344 bits per heavy atom. The van der Waals surface area contributed by atoms with Crippen molar-refractivity contribution in [3.63, 3.8) is 0 Å². The molecule has 0 heterocycles. The summed E-state index contributed by atoms with van der Waals surface area (Å²) in [6.07, 6.45) is 41.6. The minimum absolute atomic E-state index is 0.426. The number of hydrogen-bond acceptors (Lipinski definition) is 6. The number of hydrogen-bond donors (Lipinski definition) is 0. The molecule has 8 aliphatic rings. The monoisotopic (exact) mass is 893 g/mol. The SMILES string of the molecule is CCCCOC1CCC(N(C2CCC(C)CC2)C2CC(OCCCC)C3CCC4C5C(CCC2C35)C(OCCCC)CC4N(C2CCC(C)CC2)C2CCC(OCCCC)CC2)CC1. The van der Waals surface area contributed by atoms with Crippen LogP contribution in [0.3, 0.4) is 0 Å². The largest absolute Gasteiger partial charge is 0.378 e. The molecule has 0 saturated heterocycles. The summed E-state index contributed by atoms with van der Waals surface area (Å²) in [6, 6.07) is 4.29. The Morgan fingerprint density at radius 2 is 0.641 bits per heavy atom. The van der Waals surface area contributed by atoms with E-state index in [1.54, 1.807) is 0 Å². The van der Waals surface area contributed by atoms with Crippen molar-refractivity contribution in [2.75, 3.05) is 26.4 Å². The van der Waals surface area contributed by atoms with Gasteiger partial charge in [-0.25, -0.2) is 0 Å². The summed E-state index contributed by atoms with van der Waals surface area (Å²) in [5, 5.41) is 0. The minimum Gasteiger partial charge on any atom is -0.378 e. The van der Waals surface area contributed by atoms with Crippen LogP contribution in [0, 0.1) is 47.3 Å². The standard InChI is InChI=1S/C58H104N2O4/c1-7-11-35-61-47-27-23-45(24-28-47)59(43-19-15-41(5)16-20-43)53-39-55(63-37-13-9-3)51-34-32-50-54(40-56(64-38-14-10-4)52-33-31-49(53)57(51)58(50)52)60(44-21-17-42(6)18-22-44)46-25-29-48(30-26-46)62-36-12-8-2/h41-58H,7-40H2,1-6H3. The first kappa shape index (κ1) is 50.2. The Bertz CT molecular complexity index is 1200. The van der Waals surface area contributed by atoms with Crippen LogP contribution in [-0.4, -0.2) is 96.9 Å². The molecular formula is C58H104N2O4. The zero-order chi connectivity index (χ0) is 44.4. The fourth-order valence-corrected chi connectivity index (χ4v) is 16.7. The number of ether oxygens (including phenoxy) is 4. The maximum absolute atomic E-state index is 7.35. The predicted molar refractivity (Wildman–Crippen MR) is 266 cm³/mol. The van der Waals surface area contributed by atoms with Gasteiger partial charge in [0, 0.05) is 62.7 Å². The van der Waals surface area contributed by atoms with E-state index >= 15 is 0 Å². The molecule has 0 aromatic heterocycles. The van der Waals surface area contributed by atoms with E-state index in [-0.39, 0.29) is 0 Å². The molecule has 0 amide bonds. The van der Waals surface area contributed by atoms with Crippen molar-refractivity contribution in [1.82, 2.24) is 9.80 Å². The fourth-order valence-electron chi connectivity index (χ4n) is 16.7. The van der Waals surface area contributed by atoms with E-state index in [0.717, 1.165) is 85.9 Å². The molecule has 8 fully saturated rings. The Balaban J connectivity index is 1.12. The summed E-state index contributed by atoms with van der Waals surface area (Å²) in [5.74, 6) is 6.44. The van der Waals surface area contributed by atoms with Crippen molar-refractivity contribution in [3.8, 4) is 0 Å². The molecule has 10 unspecified atom stereocenters. The highest BCUT2D eigenvalue weighted by atomic mass is 16.5. The zero-order valence-electron chi connectivity index (χ0n) is 43.0. The van der Waals surface area contributed by atoms with Gasteiger partial charge in [0.05, 0.1) is 24.4 Å². The molecule has 6 heteroatoms. The topological polar surface area (TPSA) is 43.4 Å². The van der Waals surface area contributed by atoms with Gasteiger partial charge in [0.2, 0.25) is 0 Å². The molecule has 0 N–H and O–H groups in total. The lowest BCUT2D eigenvalue weighted by molar-refractivity contribution is -0.212. The van der Waals surface area contributed by atoms with Crippen LogP contribution >= 0.6 is 0 Å². The van der Waals surface area contributed by atoms with E-state index in [1.165, 1.54) is 193 Å². The Morgan fingerprint density at radius 3 is 0.969 bits per heavy atom. The second kappa shape index (κ2) is 25.0.